The lowest BCUT2D eigenvalue weighted by Crippen LogP contribution is -2.11. The maximum Gasteiger partial charge on any atom is 0.207 e. The molecule has 1 N–H and O–H groups in total. The quantitative estimate of drug-likeness (QED) is 0.627. The summed E-state index contributed by atoms with van der Waals surface area (Å²) in [6.45, 7) is 0.369. The first-order valence-electron chi connectivity index (χ1n) is 3.39. The summed E-state index contributed by atoms with van der Waals surface area (Å²) in [6, 6.07) is 1.71. The van der Waals surface area contributed by atoms with E-state index in [1.807, 2.05) is 0 Å². The molecule has 0 aromatic carbocycles. The van der Waals surface area contributed by atoms with E-state index in [9.17, 15) is 4.79 Å². The second kappa shape index (κ2) is 4.27. The van der Waals surface area contributed by atoms with Crippen LogP contribution in [0.25, 0.3) is 0 Å². The highest BCUT2D eigenvalue weighted by Gasteiger charge is 1.96. The fourth-order valence-electron chi connectivity index (χ4n) is 0.735. The van der Waals surface area contributed by atoms with Crippen LogP contribution < -0.4 is 10.1 Å². The number of rotatable bonds is 4. The van der Waals surface area contributed by atoms with Crippen LogP contribution >= 0.6 is 0 Å². The van der Waals surface area contributed by atoms with E-state index in [-0.39, 0.29) is 0 Å². The SMILES string of the molecule is COc1cnnc(CNC=O)c1. The van der Waals surface area contributed by atoms with Gasteiger partial charge in [-0.05, 0) is 0 Å². The van der Waals surface area contributed by atoms with Crippen LogP contribution in [-0.2, 0) is 11.3 Å². The second-order valence-electron chi connectivity index (χ2n) is 2.09. The summed E-state index contributed by atoms with van der Waals surface area (Å²) in [5.74, 6) is 0.632. The van der Waals surface area contributed by atoms with Crippen molar-refractivity contribution in [2.45, 2.75) is 6.54 Å². The van der Waals surface area contributed by atoms with E-state index < -0.39 is 0 Å². The molecule has 5 nitrogen and oxygen atoms in total. The third-order valence-electron chi connectivity index (χ3n) is 1.28. The molecule has 0 unspecified atom stereocenters. The highest BCUT2D eigenvalue weighted by atomic mass is 16.5. The van der Waals surface area contributed by atoms with Crippen molar-refractivity contribution in [3.05, 3.63) is 18.0 Å². The third kappa shape index (κ3) is 2.19. The van der Waals surface area contributed by atoms with Crippen LogP contribution in [0.2, 0.25) is 0 Å². The van der Waals surface area contributed by atoms with Crippen molar-refractivity contribution in [2.24, 2.45) is 0 Å². The molecular formula is C7H9N3O2. The van der Waals surface area contributed by atoms with Crippen molar-refractivity contribution in [3.63, 3.8) is 0 Å². The molecule has 5 heteroatoms. The lowest BCUT2D eigenvalue weighted by atomic mass is 10.4. The molecule has 0 fully saturated rings. The zero-order valence-corrected chi connectivity index (χ0v) is 6.65. The molecule has 1 aromatic heterocycles. The van der Waals surface area contributed by atoms with E-state index in [1.165, 1.54) is 6.20 Å². The minimum Gasteiger partial charge on any atom is -0.495 e. The maximum atomic E-state index is 9.94. The molecule has 0 radical (unpaired) electrons. The number of amides is 1. The Kier molecular flexibility index (Phi) is 3.01. The molecular weight excluding hydrogens is 158 g/mol. The van der Waals surface area contributed by atoms with Gasteiger partial charge in [-0.15, -0.1) is 0 Å². The molecule has 0 saturated carbocycles. The predicted octanol–water partition coefficient (Wildman–Crippen LogP) is -0.269. The smallest absolute Gasteiger partial charge is 0.207 e. The third-order valence-corrected chi connectivity index (χ3v) is 1.28. The minimum absolute atomic E-state index is 0.369. The molecule has 64 valence electrons. The Morgan fingerprint density at radius 3 is 3.25 bits per heavy atom. The number of nitrogens with one attached hydrogen (secondary N) is 1. The van der Waals surface area contributed by atoms with Crippen molar-refractivity contribution in [3.8, 4) is 5.75 Å². The Morgan fingerprint density at radius 1 is 1.75 bits per heavy atom. The van der Waals surface area contributed by atoms with Crippen LogP contribution in [0.4, 0.5) is 0 Å². The summed E-state index contributed by atoms with van der Waals surface area (Å²) < 4.78 is 4.92. The molecule has 1 rings (SSSR count). The number of hydrogen-bond acceptors (Lipinski definition) is 4. The molecule has 1 aromatic rings. The Balaban J connectivity index is 2.65. The topological polar surface area (TPSA) is 64.1 Å². The fourth-order valence-corrected chi connectivity index (χ4v) is 0.735. The summed E-state index contributed by atoms with van der Waals surface area (Å²) in [5.41, 5.74) is 0.668. The summed E-state index contributed by atoms with van der Waals surface area (Å²) in [4.78, 5) is 9.94. The molecule has 0 saturated heterocycles. The van der Waals surface area contributed by atoms with Crippen LogP contribution in [0, 0.1) is 0 Å². The van der Waals surface area contributed by atoms with Crippen molar-refractivity contribution in [2.75, 3.05) is 7.11 Å². The van der Waals surface area contributed by atoms with Gasteiger partial charge in [-0.2, -0.15) is 10.2 Å². The van der Waals surface area contributed by atoms with Gasteiger partial charge in [0.2, 0.25) is 6.41 Å². The highest BCUT2D eigenvalue weighted by molar-refractivity contribution is 5.46. The summed E-state index contributed by atoms with van der Waals surface area (Å²) in [6.07, 6.45) is 2.12. The molecule has 0 bridgehead atoms. The van der Waals surface area contributed by atoms with E-state index in [0.29, 0.717) is 24.4 Å². The van der Waals surface area contributed by atoms with Gasteiger partial charge >= 0.3 is 0 Å². The van der Waals surface area contributed by atoms with E-state index in [0.717, 1.165) is 0 Å². The molecule has 0 atom stereocenters. The lowest BCUT2D eigenvalue weighted by molar-refractivity contribution is -0.109. The number of methoxy groups -OCH3 is 1. The van der Waals surface area contributed by atoms with Gasteiger partial charge in [0.05, 0.1) is 25.5 Å². The normalized spacial score (nSPS) is 9.08. The van der Waals surface area contributed by atoms with Crippen molar-refractivity contribution in [1.82, 2.24) is 15.5 Å². The zero-order chi connectivity index (χ0) is 8.81. The van der Waals surface area contributed by atoms with Gasteiger partial charge in [-0.1, -0.05) is 0 Å². The van der Waals surface area contributed by atoms with Gasteiger partial charge in [0.25, 0.3) is 0 Å². The van der Waals surface area contributed by atoms with Crippen molar-refractivity contribution < 1.29 is 9.53 Å². The predicted molar refractivity (Wildman–Crippen MR) is 41.5 cm³/mol. The fraction of sp³-hybridized carbons (Fsp3) is 0.286. The Morgan fingerprint density at radius 2 is 2.58 bits per heavy atom. The zero-order valence-electron chi connectivity index (χ0n) is 6.65. The second-order valence-corrected chi connectivity index (χ2v) is 2.09. The highest BCUT2D eigenvalue weighted by Crippen LogP contribution is 2.06. The first kappa shape index (κ1) is 8.45. The van der Waals surface area contributed by atoms with Gasteiger partial charge in [-0.25, -0.2) is 0 Å². The number of carbonyl (C=O) groups is 1. The molecule has 0 aliphatic rings. The van der Waals surface area contributed by atoms with Crippen molar-refractivity contribution in [1.29, 1.82) is 0 Å². The van der Waals surface area contributed by atoms with E-state index >= 15 is 0 Å². The molecule has 0 aliphatic heterocycles. The maximum absolute atomic E-state index is 9.94. The lowest BCUT2D eigenvalue weighted by Gasteiger charge is -2.00. The van der Waals surface area contributed by atoms with Gasteiger partial charge in [0, 0.05) is 6.07 Å². The van der Waals surface area contributed by atoms with Gasteiger partial charge in [0.1, 0.15) is 5.75 Å². The average Bonchev–Trinajstić information content (AvgIpc) is 2.15. The number of hydrogen-bond donors (Lipinski definition) is 1. The average molecular weight is 167 g/mol. The number of carbonyl (C=O) groups excluding carboxylic acids is 1. The molecule has 1 amide bonds. The first-order valence-corrected chi connectivity index (χ1v) is 3.39. The van der Waals surface area contributed by atoms with Gasteiger partial charge in [-0.3, -0.25) is 4.79 Å². The number of ether oxygens (including phenoxy) is 1. The Hall–Kier alpha value is -1.65. The van der Waals surface area contributed by atoms with E-state index in [1.54, 1.807) is 13.2 Å². The molecule has 12 heavy (non-hydrogen) atoms. The number of aromatic nitrogens is 2. The van der Waals surface area contributed by atoms with Crippen LogP contribution in [-0.4, -0.2) is 23.7 Å². The monoisotopic (exact) mass is 167 g/mol. The van der Waals surface area contributed by atoms with Crippen LogP contribution in [0.3, 0.4) is 0 Å². The van der Waals surface area contributed by atoms with E-state index in [2.05, 4.69) is 15.5 Å². The molecule has 1 heterocycles. The minimum atomic E-state index is 0.369. The van der Waals surface area contributed by atoms with Crippen molar-refractivity contribution >= 4 is 6.41 Å². The Bertz CT molecular complexity index is 265. The largest absolute Gasteiger partial charge is 0.495 e. The Labute approximate surface area is 69.8 Å². The number of nitrogens with zero attached hydrogens (tertiary/aromatic N) is 2. The standard InChI is InChI=1S/C7H9N3O2/c1-12-7-2-6(3-8-5-11)10-9-4-7/h2,4-5H,3H2,1H3,(H,8,11). The first-order chi connectivity index (χ1) is 5.86. The summed E-state index contributed by atoms with van der Waals surface area (Å²) in [5, 5.41) is 9.93. The van der Waals surface area contributed by atoms with Crippen LogP contribution in [0.5, 0.6) is 5.75 Å². The summed E-state index contributed by atoms with van der Waals surface area (Å²) in [7, 11) is 1.55. The van der Waals surface area contributed by atoms with Crippen LogP contribution in [0.15, 0.2) is 12.3 Å². The molecule has 0 spiro atoms. The molecule has 0 aliphatic carbocycles. The van der Waals surface area contributed by atoms with Crippen LogP contribution in [0.1, 0.15) is 5.69 Å². The summed E-state index contributed by atoms with van der Waals surface area (Å²) >= 11 is 0. The van der Waals surface area contributed by atoms with Gasteiger partial charge in [0.15, 0.2) is 0 Å². The van der Waals surface area contributed by atoms with E-state index in [4.69, 9.17) is 4.74 Å². The van der Waals surface area contributed by atoms with Gasteiger partial charge < -0.3 is 10.1 Å².